The average molecular weight is 312 g/mol. The van der Waals surface area contributed by atoms with Crippen molar-refractivity contribution in [3.63, 3.8) is 0 Å². The van der Waals surface area contributed by atoms with Gasteiger partial charge in [0.2, 0.25) is 0 Å². The summed E-state index contributed by atoms with van der Waals surface area (Å²) in [6.07, 6.45) is 3.70. The second-order valence-corrected chi connectivity index (χ2v) is 5.25. The molecule has 1 N–H and O–H groups in total. The van der Waals surface area contributed by atoms with Crippen LogP contribution in [0.1, 0.15) is 25.8 Å². The number of benzene rings is 1. The number of hydrogen-bond donors (Lipinski definition) is 1. The van der Waals surface area contributed by atoms with E-state index in [0.29, 0.717) is 17.7 Å². The van der Waals surface area contributed by atoms with Crippen LogP contribution in [0.2, 0.25) is 5.02 Å². The summed E-state index contributed by atoms with van der Waals surface area (Å²) < 4.78 is 5.17. The van der Waals surface area contributed by atoms with E-state index in [1.807, 2.05) is 12.1 Å². The molecule has 4 nitrogen and oxygen atoms in total. The van der Waals surface area contributed by atoms with Crippen molar-refractivity contribution in [1.82, 2.24) is 0 Å². The Bertz CT molecular complexity index is 502. The number of carboxylic acids is 1. The summed E-state index contributed by atoms with van der Waals surface area (Å²) in [5, 5.41) is 9.44. The number of methoxy groups -OCH3 is 1. The molecular formula is C16H22ClNO3. The quantitative estimate of drug-likeness (QED) is 0.744. The molecule has 1 rings (SSSR count). The monoisotopic (exact) mass is 311 g/mol. The summed E-state index contributed by atoms with van der Waals surface area (Å²) in [7, 11) is 1.66. The summed E-state index contributed by atoms with van der Waals surface area (Å²) in [6, 6.07) is 5.76. The van der Waals surface area contributed by atoms with Gasteiger partial charge in [0.15, 0.2) is 0 Å². The molecule has 116 valence electrons. The lowest BCUT2D eigenvalue weighted by Crippen LogP contribution is -2.35. The average Bonchev–Trinajstić information content (AvgIpc) is 2.46. The number of ether oxygens (including phenoxy) is 1. The van der Waals surface area contributed by atoms with E-state index < -0.39 is 5.97 Å². The molecule has 0 saturated carbocycles. The molecule has 0 spiro atoms. The second kappa shape index (κ2) is 8.70. The molecule has 0 aromatic heterocycles. The van der Waals surface area contributed by atoms with E-state index in [1.165, 1.54) is 0 Å². The molecule has 1 atom stereocenters. The molecule has 0 fully saturated rings. The van der Waals surface area contributed by atoms with Crippen molar-refractivity contribution in [3.8, 4) is 0 Å². The van der Waals surface area contributed by atoms with E-state index >= 15 is 0 Å². The number of carboxylic acid groups (broad SMARTS) is 1. The van der Waals surface area contributed by atoms with Crippen LogP contribution in [0.15, 0.2) is 24.3 Å². The zero-order valence-electron chi connectivity index (χ0n) is 12.7. The Kier molecular flexibility index (Phi) is 7.26. The number of aliphatic carboxylic acids is 1. The maximum Gasteiger partial charge on any atom is 0.328 e. The summed E-state index contributed by atoms with van der Waals surface area (Å²) >= 11 is 6.11. The highest BCUT2D eigenvalue weighted by Gasteiger charge is 2.16. The number of nitrogens with zero attached hydrogens (tertiary/aromatic N) is 1. The SMILES string of the molecule is CCC(C)N(CCOC)c1cc(Cl)ccc1/C=C/C(=O)O. The molecule has 1 aromatic carbocycles. The molecule has 0 radical (unpaired) electrons. The maximum atomic E-state index is 10.7. The van der Waals surface area contributed by atoms with Crippen molar-refractivity contribution in [2.45, 2.75) is 26.3 Å². The smallest absolute Gasteiger partial charge is 0.328 e. The lowest BCUT2D eigenvalue weighted by atomic mass is 10.1. The van der Waals surface area contributed by atoms with Crippen molar-refractivity contribution >= 4 is 29.3 Å². The Hall–Kier alpha value is -1.52. The lowest BCUT2D eigenvalue weighted by Gasteiger charge is -2.32. The number of hydrogen-bond acceptors (Lipinski definition) is 3. The van der Waals surface area contributed by atoms with Gasteiger partial charge in [-0.05, 0) is 37.1 Å². The summed E-state index contributed by atoms with van der Waals surface area (Å²) in [5.74, 6) is -0.970. The Morgan fingerprint density at radius 3 is 2.81 bits per heavy atom. The fraction of sp³-hybridized carbons (Fsp3) is 0.438. The van der Waals surface area contributed by atoms with Crippen LogP contribution in [-0.2, 0) is 9.53 Å². The van der Waals surface area contributed by atoms with E-state index in [4.69, 9.17) is 21.4 Å². The maximum absolute atomic E-state index is 10.7. The van der Waals surface area contributed by atoms with Crippen molar-refractivity contribution in [2.75, 3.05) is 25.2 Å². The third kappa shape index (κ3) is 5.40. The van der Waals surface area contributed by atoms with Gasteiger partial charge in [-0.3, -0.25) is 0 Å². The molecule has 21 heavy (non-hydrogen) atoms. The highest BCUT2D eigenvalue weighted by Crippen LogP contribution is 2.28. The molecule has 0 aliphatic rings. The highest BCUT2D eigenvalue weighted by atomic mass is 35.5. The van der Waals surface area contributed by atoms with Gasteiger partial charge in [0, 0.05) is 36.5 Å². The lowest BCUT2D eigenvalue weighted by molar-refractivity contribution is -0.131. The number of rotatable bonds is 8. The van der Waals surface area contributed by atoms with E-state index in [1.54, 1.807) is 19.3 Å². The molecule has 0 aliphatic carbocycles. The van der Waals surface area contributed by atoms with Gasteiger partial charge >= 0.3 is 5.97 Å². The van der Waals surface area contributed by atoms with Crippen LogP contribution in [0.5, 0.6) is 0 Å². The first kappa shape index (κ1) is 17.5. The molecule has 0 aliphatic heterocycles. The van der Waals surface area contributed by atoms with Crippen molar-refractivity contribution in [2.24, 2.45) is 0 Å². The van der Waals surface area contributed by atoms with Gasteiger partial charge in [-0.2, -0.15) is 0 Å². The topological polar surface area (TPSA) is 49.8 Å². The molecule has 0 bridgehead atoms. The molecule has 0 amide bonds. The molecule has 0 saturated heterocycles. The van der Waals surface area contributed by atoms with Gasteiger partial charge in [0.1, 0.15) is 0 Å². The van der Waals surface area contributed by atoms with Crippen molar-refractivity contribution in [3.05, 3.63) is 34.9 Å². The molecule has 5 heteroatoms. The molecule has 1 unspecified atom stereocenters. The van der Waals surface area contributed by atoms with Crippen LogP contribution in [0.4, 0.5) is 5.69 Å². The zero-order chi connectivity index (χ0) is 15.8. The molecule has 1 aromatic rings. The fourth-order valence-corrected chi connectivity index (χ4v) is 2.22. The van der Waals surface area contributed by atoms with Gasteiger partial charge in [-0.25, -0.2) is 4.79 Å². The first-order chi connectivity index (χ1) is 9.99. The Balaban J connectivity index is 3.20. The summed E-state index contributed by atoms with van der Waals surface area (Å²) in [5.41, 5.74) is 1.75. The third-order valence-corrected chi connectivity index (χ3v) is 3.60. The number of anilines is 1. The summed E-state index contributed by atoms with van der Waals surface area (Å²) in [4.78, 5) is 12.9. The van der Waals surface area contributed by atoms with Crippen LogP contribution < -0.4 is 4.90 Å². The van der Waals surface area contributed by atoms with Gasteiger partial charge in [0.25, 0.3) is 0 Å². The Morgan fingerprint density at radius 1 is 1.52 bits per heavy atom. The van der Waals surface area contributed by atoms with Crippen molar-refractivity contribution < 1.29 is 14.6 Å². The Morgan fingerprint density at radius 2 is 2.24 bits per heavy atom. The minimum absolute atomic E-state index is 0.301. The predicted octanol–water partition coefficient (Wildman–Crippen LogP) is 3.69. The second-order valence-electron chi connectivity index (χ2n) is 4.82. The molecular weight excluding hydrogens is 290 g/mol. The van der Waals surface area contributed by atoms with E-state index in [9.17, 15) is 4.79 Å². The van der Waals surface area contributed by atoms with Crippen LogP contribution >= 0.6 is 11.6 Å². The van der Waals surface area contributed by atoms with Gasteiger partial charge in [-0.15, -0.1) is 0 Å². The zero-order valence-corrected chi connectivity index (χ0v) is 13.4. The van der Waals surface area contributed by atoms with E-state index in [0.717, 1.165) is 30.3 Å². The number of carbonyl (C=O) groups is 1. The Labute approximate surface area is 131 Å². The van der Waals surface area contributed by atoms with Gasteiger partial charge < -0.3 is 14.7 Å². The van der Waals surface area contributed by atoms with Gasteiger partial charge in [0.05, 0.1) is 6.61 Å². The van der Waals surface area contributed by atoms with Gasteiger partial charge in [-0.1, -0.05) is 24.6 Å². The van der Waals surface area contributed by atoms with Crippen LogP contribution in [0, 0.1) is 0 Å². The minimum Gasteiger partial charge on any atom is -0.478 e. The third-order valence-electron chi connectivity index (χ3n) is 3.37. The molecule has 0 heterocycles. The largest absolute Gasteiger partial charge is 0.478 e. The van der Waals surface area contributed by atoms with Crippen LogP contribution in [0.3, 0.4) is 0 Å². The van der Waals surface area contributed by atoms with E-state index in [-0.39, 0.29) is 0 Å². The fourth-order valence-electron chi connectivity index (χ4n) is 2.06. The number of halogens is 1. The normalized spacial score (nSPS) is 12.6. The van der Waals surface area contributed by atoms with Crippen LogP contribution in [0.25, 0.3) is 6.08 Å². The summed E-state index contributed by atoms with van der Waals surface area (Å²) in [6.45, 7) is 5.56. The van der Waals surface area contributed by atoms with Crippen molar-refractivity contribution in [1.29, 1.82) is 0 Å². The van der Waals surface area contributed by atoms with E-state index in [2.05, 4.69) is 18.7 Å². The highest BCUT2D eigenvalue weighted by molar-refractivity contribution is 6.31. The predicted molar refractivity (Wildman–Crippen MR) is 87.1 cm³/mol. The standard InChI is InChI=1S/C16H22ClNO3/c1-4-12(2)18(9-10-21-3)15-11-14(17)7-5-13(15)6-8-16(19)20/h5-8,11-12H,4,9-10H2,1-3H3,(H,19,20)/b8-6+. The minimum atomic E-state index is -0.970. The first-order valence-corrected chi connectivity index (χ1v) is 7.33. The first-order valence-electron chi connectivity index (χ1n) is 6.95. The van der Waals surface area contributed by atoms with Crippen LogP contribution in [-0.4, -0.2) is 37.4 Å².